The summed E-state index contributed by atoms with van der Waals surface area (Å²) in [5.41, 5.74) is 0. The fourth-order valence-electron chi connectivity index (χ4n) is 2.21. The van der Waals surface area contributed by atoms with Crippen LogP contribution in [0.15, 0.2) is 6.07 Å². The zero-order valence-electron chi connectivity index (χ0n) is 11.4. The number of ether oxygens (including phenoxy) is 1. The summed E-state index contributed by atoms with van der Waals surface area (Å²) < 4.78 is 5.55. The quantitative estimate of drug-likeness (QED) is 0.837. The van der Waals surface area contributed by atoms with Gasteiger partial charge in [0.25, 0.3) is 0 Å². The summed E-state index contributed by atoms with van der Waals surface area (Å²) in [6.07, 6.45) is 1.46. The molecular formula is C13H22N4O. The minimum Gasteiger partial charge on any atom is -0.378 e. The summed E-state index contributed by atoms with van der Waals surface area (Å²) in [4.78, 5) is 8.73. The van der Waals surface area contributed by atoms with Crippen LogP contribution in [0.4, 0.5) is 11.6 Å². The first-order chi connectivity index (χ1) is 8.69. The largest absolute Gasteiger partial charge is 0.378 e. The van der Waals surface area contributed by atoms with E-state index in [1.807, 2.05) is 13.0 Å². The lowest BCUT2D eigenvalue weighted by Crippen LogP contribution is -2.21. The van der Waals surface area contributed by atoms with Crippen molar-refractivity contribution in [1.29, 1.82) is 0 Å². The van der Waals surface area contributed by atoms with Gasteiger partial charge >= 0.3 is 0 Å². The first-order valence-corrected chi connectivity index (χ1v) is 6.64. The maximum Gasteiger partial charge on any atom is 0.131 e. The third-order valence-electron chi connectivity index (χ3n) is 3.27. The van der Waals surface area contributed by atoms with Gasteiger partial charge in [0, 0.05) is 31.7 Å². The third kappa shape index (κ3) is 3.32. The van der Waals surface area contributed by atoms with Gasteiger partial charge in [-0.05, 0) is 27.2 Å². The van der Waals surface area contributed by atoms with Crippen LogP contribution in [0.2, 0.25) is 0 Å². The van der Waals surface area contributed by atoms with E-state index >= 15 is 0 Å². The average molecular weight is 250 g/mol. The van der Waals surface area contributed by atoms with Crippen molar-refractivity contribution in [2.24, 2.45) is 5.92 Å². The van der Waals surface area contributed by atoms with Crippen LogP contribution >= 0.6 is 0 Å². The van der Waals surface area contributed by atoms with Gasteiger partial charge < -0.3 is 15.4 Å². The molecule has 1 aliphatic rings. The molecule has 0 aliphatic carbocycles. The highest BCUT2D eigenvalue weighted by atomic mass is 16.5. The van der Waals surface area contributed by atoms with Crippen molar-refractivity contribution in [2.75, 3.05) is 30.3 Å². The second-order valence-electron chi connectivity index (χ2n) is 4.72. The van der Waals surface area contributed by atoms with Gasteiger partial charge in [0.05, 0.1) is 6.10 Å². The number of hydrogen-bond donors (Lipinski definition) is 2. The molecule has 5 nitrogen and oxygen atoms in total. The Kier molecular flexibility index (Phi) is 4.36. The number of nitrogens with zero attached hydrogens (tertiary/aromatic N) is 2. The van der Waals surface area contributed by atoms with Crippen molar-refractivity contribution in [3.05, 3.63) is 11.9 Å². The number of aromatic nitrogens is 2. The first kappa shape index (κ1) is 13.1. The van der Waals surface area contributed by atoms with Crippen molar-refractivity contribution in [3.63, 3.8) is 0 Å². The Hall–Kier alpha value is -1.36. The fourth-order valence-corrected chi connectivity index (χ4v) is 2.21. The van der Waals surface area contributed by atoms with Gasteiger partial charge in [-0.15, -0.1) is 0 Å². The number of aryl methyl sites for hydroxylation is 1. The lowest BCUT2D eigenvalue weighted by molar-refractivity contribution is 0.108. The van der Waals surface area contributed by atoms with E-state index < -0.39 is 0 Å². The lowest BCUT2D eigenvalue weighted by atomic mass is 10.0. The molecule has 100 valence electrons. The van der Waals surface area contributed by atoms with E-state index in [1.54, 1.807) is 0 Å². The molecule has 18 heavy (non-hydrogen) atoms. The van der Waals surface area contributed by atoms with Crippen molar-refractivity contribution in [1.82, 2.24) is 9.97 Å². The summed E-state index contributed by atoms with van der Waals surface area (Å²) in [6.45, 7) is 8.75. The van der Waals surface area contributed by atoms with Gasteiger partial charge in [-0.3, -0.25) is 0 Å². The SMILES string of the molecule is CCNc1cc(NCC2CCOC2C)nc(C)n1. The molecule has 2 rings (SSSR count). The average Bonchev–Trinajstić information content (AvgIpc) is 2.72. The molecule has 0 amide bonds. The van der Waals surface area contributed by atoms with Crippen molar-refractivity contribution >= 4 is 11.6 Å². The summed E-state index contributed by atoms with van der Waals surface area (Å²) in [7, 11) is 0. The summed E-state index contributed by atoms with van der Waals surface area (Å²) in [5.74, 6) is 3.12. The molecule has 5 heteroatoms. The molecule has 2 heterocycles. The Labute approximate surface area is 108 Å². The molecule has 0 bridgehead atoms. The normalized spacial score (nSPS) is 23.1. The van der Waals surface area contributed by atoms with Crippen LogP contribution in [0.1, 0.15) is 26.1 Å². The van der Waals surface area contributed by atoms with E-state index in [4.69, 9.17) is 4.74 Å². The molecule has 0 spiro atoms. The number of hydrogen-bond acceptors (Lipinski definition) is 5. The van der Waals surface area contributed by atoms with Crippen LogP contribution < -0.4 is 10.6 Å². The van der Waals surface area contributed by atoms with Gasteiger partial charge in [-0.25, -0.2) is 9.97 Å². The van der Waals surface area contributed by atoms with E-state index in [1.165, 1.54) is 0 Å². The Morgan fingerprint density at radius 3 is 2.67 bits per heavy atom. The highest BCUT2D eigenvalue weighted by Gasteiger charge is 2.23. The molecule has 1 saturated heterocycles. The number of nitrogens with one attached hydrogen (secondary N) is 2. The van der Waals surface area contributed by atoms with Crippen LogP contribution in [0.5, 0.6) is 0 Å². The minimum atomic E-state index is 0.341. The van der Waals surface area contributed by atoms with Gasteiger partial charge in [-0.1, -0.05) is 0 Å². The van der Waals surface area contributed by atoms with Crippen LogP contribution in [-0.4, -0.2) is 35.8 Å². The molecular weight excluding hydrogens is 228 g/mol. The van der Waals surface area contributed by atoms with Crippen molar-refractivity contribution in [2.45, 2.75) is 33.3 Å². The van der Waals surface area contributed by atoms with Crippen LogP contribution in [-0.2, 0) is 4.74 Å². The van der Waals surface area contributed by atoms with Gasteiger partial charge in [0.15, 0.2) is 0 Å². The highest BCUT2D eigenvalue weighted by molar-refractivity contribution is 5.47. The maximum atomic E-state index is 5.55. The van der Waals surface area contributed by atoms with E-state index in [9.17, 15) is 0 Å². The molecule has 2 unspecified atom stereocenters. The molecule has 1 aromatic rings. The van der Waals surface area contributed by atoms with Crippen molar-refractivity contribution < 1.29 is 4.74 Å². The predicted molar refractivity (Wildman–Crippen MR) is 72.9 cm³/mol. The van der Waals surface area contributed by atoms with Crippen LogP contribution in [0.25, 0.3) is 0 Å². The highest BCUT2D eigenvalue weighted by Crippen LogP contribution is 2.21. The van der Waals surface area contributed by atoms with E-state index in [2.05, 4.69) is 34.4 Å². The van der Waals surface area contributed by atoms with Crippen molar-refractivity contribution in [3.8, 4) is 0 Å². The monoisotopic (exact) mass is 250 g/mol. The third-order valence-corrected chi connectivity index (χ3v) is 3.27. The number of rotatable bonds is 5. The zero-order valence-corrected chi connectivity index (χ0v) is 11.4. The van der Waals surface area contributed by atoms with E-state index in [0.29, 0.717) is 12.0 Å². The second kappa shape index (κ2) is 6.00. The van der Waals surface area contributed by atoms with Gasteiger partial charge in [-0.2, -0.15) is 0 Å². The summed E-state index contributed by atoms with van der Waals surface area (Å²) in [6, 6.07) is 1.96. The van der Waals surface area contributed by atoms with E-state index in [0.717, 1.165) is 43.6 Å². The Morgan fingerprint density at radius 1 is 1.33 bits per heavy atom. The lowest BCUT2D eigenvalue weighted by Gasteiger charge is -2.15. The fraction of sp³-hybridized carbons (Fsp3) is 0.692. The minimum absolute atomic E-state index is 0.341. The molecule has 0 aromatic carbocycles. The predicted octanol–water partition coefficient (Wildman–Crippen LogP) is 2.05. The molecule has 1 aliphatic heterocycles. The smallest absolute Gasteiger partial charge is 0.131 e. The Balaban J connectivity index is 1.95. The summed E-state index contributed by atoms with van der Waals surface area (Å²) in [5, 5.41) is 6.60. The molecule has 2 atom stereocenters. The Morgan fingerprint density at radius 2 is 2.06 bits per heavy atom. The number of anilines is 2. The second-order valence-corrected chi connectivity index (χ2v) is 4.72. The van der Waals surface area contributed by atoms with Gasteiger partial charge in [0.2, 0.25) is 0 Å². The van der Waals surface area contributed by atoms with Crippen LogP contribution in [0.3, 0.4) is 0 Å². The topological polar surface area (TPSA) is 59.1 Å². The van der Waals surface area contributed by atoms with Gasteiger partial charge in [0.1, 0.15) is 17.5 Å². The molecule has 1 fully saturated rings. The first-order valence-electron chi connectivity index (χ1n) is 6.64. The zero-order chi connectivity index (χ0) is 13.0. The van der Waals surface area contributed by atoms with Crippen LogP contribution in [0, 0.1) is 12.8 Å². The molecule has 0 radical (unpaired) electrons. The summed E-state index contributed by atoms with van der Waals surface area (Å²) >= 11 is 0. The standard InChI is InChI=1S/C13H22N4O/c1-4-14-12-7-13(17-10(3)16-12)15-8-11-5-6-18-9(11)2/h7,9,11H,4-6,8H2,1-3H3,(H2,14,15,16,17). The maximum absolute atomic E-state index is 5.55. The Bertz CT molecular complexity index is 397. The molecule has 1 aromatic heterocycles. The molecule has 0 saturated carbocycles. The van der Waals surface area contributed by atoms with E-state index in [-0.39, 0.29) is 0 Å². The molecule has 2 N–H and O–H groups in total.